The molecule has 0 saturated carbocycles. The second kappa shape index (κ2) is 5.32. The highest BCUT2D eigenvalue weighted by Gasteiger charge is 2.35. The summed E-state index contributed by atoms with van der Waals surface area (Å²) in [5.41, 5.74) is 6.08. The van der Waals surface area contributed by atoms with Crippen LogP contribution in [0.15, 0.2) is 29.2 Å². The molecule has 3 N–H and O–H groups in total. The second-order valence-electron chi connectivity index (χ2n) is 5.31. The van der Waals surface area contributed by atoms with Crippen molar-refractivity contribution in [3.05, 3.63) is 24.3 Å². The van der Waals surface area contributed by atoms with Gasteiger partial charge in [0.2, 0.25) is 5.96 Å². The number of guanidine groups is 1. The second-order valence-corrected chi connectivity index (χ2v) is 7.17. The van der Waals surface area contributed by atoms with E-state index in [9.17, 15) is 8.42 Å². The van der Waals surface area contributed by atoms with E-state index < -0.39 is 10.0 Å². The van der Waals surface area contributed by atoms with Crippen LogP contribution in [0.1, 0.15) is 13.8 Å². The number of sulfonamides is 1. The third-order valence-corrected chi connectivity index (χ3v) is 4.97. The molecule has 0 aliphatic carbocycles. The Morgan fingerprint density at radius 1 is 1.25 bits per heavy atom. The molecule has 0 radical (unpaired) electrons. The normalized spacial score (nSPS) is 16.2. The van der Waals surface area contributed by atoms with Gasteiger partial charge in [0, 0.05) is 18.8 Å². The van der Waals surface area contributed by atoms with Crippen LogP contribution < -0.4 is 5.73 Å². The summed E-state index contributed by atoms with van der Waals surface area (Å²) < 4.78 is 26.2. The highest BCUT2D eigenvalue weighted by atomic mass is 32.2. The van der Waals surface area contributed by atoms with Crippen LogP contribution in [0.25, 0.3) is 0 Å². The summed E-state index contributed by atoms with van der Waals surface area (Å²) in [6, 6.07) is 6.06. The van der Waals surface area contributed by atoms with E-state index in [0.29, 0.717) is 31.2 Å². The molecule has 1 aliphatic rings. The number of rotatable bonds is 4. The molecule has 20 heavy (non-hydrogen) atoms. The lowest BCUT2D eigenvalue weighted by Crippen LogP contribution is -2.38. The molecule has 1 aromatic rings. The zero-order chi connectivity index (χ0) is 14.9. The fraction of sp³-hybridized carbons (Fsp3) is 0.462. The lowest BCUT2D eigenvalue weighted by atomic mass is 10.2. The van der Waals surface area contributed by atoms with Gasteiger partial charge in [-0.25, -0.2) is 12.7 Å². The SMILES string of the molecule is CC(C)CN1CCN(S(=O)(=O)c2ccc(N)cc2)C1=N. The topological polar surface area (TPSA) is 90.5 Å². The Balaban J connectivity index is 2.23. The maximum Gasteiger partial charge on any atom is 0.266 e. The molecule has 0 spiro atoms. The minimum Gasteiger partial charge on any atom is -0.399 e. The van der Waals surface area contributed by atoms with Crippen molar-refractivity contribution in [3.8, 4) is 0 Å². The zero-order valence-electron chi connectivity index (χ0n) is 11.7. The zero-order valence-corrected chi connectivity index (χ0v) is 12.5. The Labute approximate surface area is 119 Å². The van der Waals surface area contributed by atoms with Gasteiger partial charge in [-0.3, -0.25) is 5.41 Å². The lowest BCUT2D eigenvalue weighted by molar-refractivity contribution is 0.394. The summed E-state index contributed by atoms with van der Waals surface area (Å²) in [6.45, 7) is 5.66. The average molecular weight is 296 g/mol. The van der Waals surface area contributed by atoms with E-state index in [1.807, 2.05) is 13.8 Å². The molecule has 110 valence electrons. The minimum absolute atomic E-state index is 0.0514. The van der Waals surface area contributed by atoms with Crippen molar-refractivity contribution in [2.75, 3.05) is 25.4 Å². The van der Waals surface area contributed by atoms with E-state index in [2.05, 4.69) is 0 Å². The molecule has 6 nitrogen and oxygen atoms in total. The number of hydrogen-bond donors (Lipinski definition) is 2. The van der Waals surface area contributed by atoms with Crippen molar-refractivity contribution in [1.29, 1.82) is 5.41 Å². The highest BCUT2D eigenvalue weighted by molar-refractivity contribution is 7.89. The summed E-state index contributed by atoms with van der Waals surface area (Å²) >= 11 is 0. The maximum atomic E-state index is 12.5. The maximum absolute atomic E-state index is 12.5. The van der Waals surface area contributed by atoms with Gasteiger partial charge in [0.15, 0.2) is 0 Å². The summed E-state index contributed by atoms with van der Waals surface area (Å²) in [7, 11) is -3.66. The van der Waals surface area contributed by atoms with E-state index in [1.54, 1.807) is 17.0 Å². The number of benzene rings is 1. The standard InChI is InChI=1S/C13H20N4O2S/c1-10(2)9-16-7-8-17(13(16)15)20(18,19)12-5-3-11(14)4-6-12/h3-6,10,15H,7-9,14H2,1-2H3. The van der Waals surface area contributed by atoms with Gasteiger partial charge < -0.3 is 10.6 Å². The predicted octanol–water partition coefficient (Wildman–Crippen LogP) is 1.17. The number of anilines is 1. The van der Waals surface area contributed by atoms with Crippen LogP contribution in [0.4, 0.5) is 5.69 Å². The van der Waals surface area contributed by atoms with Gasteiger partial charge in [0.25, 0.3) is 10.0 Å². The molecular formula is C13H20N4O2S. The average Bonchev–Trinajstić information content (AvgIpc) is 2.71. The molecule has 1 aliphatic heterocycles. The van der Waals surface area contributed by atoms with Crippen LogP contribution in [0.2, 0.25) is 0 Å². The first kappa shape index (κ1) is 14.6. The molecule has 0 unspecified atom stereocenters. The molecule has 0 bridgehead atoms. The molecule has 7 heteroatoms. The first-order chi connectivity index (χ1) is 9.32. The van der Waals surface area contributed by atoms with Crippen molar-refractivity contribution in [1.82, 2.24) is 9.21 Å². The minimum atomic E-state index is -3.66. The fourth-order valence-corrected chi connectivity index (χ4v) is 3.60. The molecule has 1 fully saturated rings. The van der Waals surface area contributed by atoms with Crippen LogP contribution in [-0.2, 0) is 10.0 Å². The van der Waals surface area contributed by atoms with Gasteiger partial charge >= 0.3 is 0 Å². The summed E-state index contributed by atoms with van der Waals surface area (Å²) in [4.78, 5) is 1.96. The third-order valence-electron chi connectivity index (χ3n) is 3.16. The largest absolute Gasteiger partial charge is 0.399 e. The summed E-state index contributed by atoms with van der Waals surface area (Å²) in [5.74, 6) is 0.435. The van der Waals surface area contributed by atoms with Gasteiger partial charge in [0.1, 0.15) is 0 Å². The highest BCUT2D eigenvalue weighted by Crippen LogP contribution is 2.21. The Morgan fingerprint density at radius 3 is 2.40 bits per heavy atom. The van der Waals surface area contributed by atoms with Gasteiger partial charge in [-0.15, -0.1) is 0 Å². The van der Waals surface area contributed by atoms with Crippen molar-refractivity contribution >= 4 is 21.7 Å². The van der Waals surface area contributed by atoms with Crippen LogP contribution in [0.3, 0.4) is 0 Å². The van der Waals surface area contributed by atoms with Gasteiger partial charge in [-0.1, -0.05) is 13.8 Å². The number of nitrogen functional groups attached to an aromatic ring is 1. The summed E-state index contributed by atoms with van der Waals surface area (Å²) in [5, 5.41) is 8.05. The van der Waals surface area contributed by atoms with Gasteiger partial charge in [-0.2, -0.15) is 0 Å². The Morgan fingerprint density at radius 2 is 1.85 bits per heavy atom. The quantitative estimate of drug-likeness (QED) is 0.816. The van der Waals surface area contributed by atoms with Crippen molar-refractivity contribution in [2.24, 2.45) is 5.92 Å². The van der Waals surface area contributed by atoms with Crippen molar-refractivity contribution < 1.29 is 8.42 Å². The van der Waals surface area contributed by atoms with Gasteiger partial charge in [0.05, 0.1) is 11.4 Å². The lowest BCUT2D eigenvalue weighted by Gasteiger charge is -2.22. The number of hydrogen-bond acceptors (Lipinski definition) is 4. The molecule has 0 amide bonds. The Bertz CT molecular complexity index is 595. The summed E-state index contributed by atoms with van der Waals surface area (Å²) in [6.07, 6.45) is 0. The van der Waals surface area contributed by atoms with E-state index >= 15 is 0 Å². The van der Waals surface area contributed by atoms with Crippen LogP contribution in [-0.4, -0.2) is 43.2 Å². The van der Waals surface area contributed by atoms with Crippen molar-refractivity contribution in [3.63, 3.8) is 0 Å². The van der Waals surface area contributed by atoms with E-state index in [1.165, 1.54) is 12.1 Å². The number of nitrogens with one attached hydrogen (secondary N) is 1. The monoisotopic (exact) mass is 296 g/mol. The fourth-order valence-electron chi connectivity index (χ4n) is 2.20. The Hall–Kier alpha value is -1.76. The smallest absolute Gasteiger partial charge is 0.266 e. The van der Waals surface area contributed by atoms with Crippen molar-refractivity contribution in [2.45, 2.75) is 18.7 Å². The predicted molar refractivity (Wildman–Crippen MR) is 78.9 cm³/mol. The molecule has 0 atom stereocenters. The van der Waals surface area contributed by atoms with E-state index in [-0.39, 0.29) is 10.9 Å². The molecule has 2 rings (SSSR count). The van der Waals surface area contributed by atoms with Crippen LogP contribution in [0, 0.1) is 11.3 Å². The molecular weight excluding hydrogens is 276 g/mol. The third kappa shape index (κ3) is 2.72. The van der Waals surface area contributed by atoms with Gasteiger partial charge in [-0.05, 0) is 30.2 Å². The first-order valence-corrected chi connectivity index (χ1v) is 7.98. The Kier molecular flexibility index (Phi) is 3.89. The van der Waals surface area contributed by atoms with Crippen LogP contribution in [0.5, 0.6) is 0 Å². The number of nitrogens with two attached hydrogens (primary N) is 1. The molecule has 1 heterocycles. The molecule has 1 aromatic carbocycles. The first-order valence-electron chi connectivity index (χ1n) is 6.54. The van der Waals surface area contributed by atoms with E-state index in [0.717, 1.165) is 4.31 Å². The molecule has 0 aromatic heterocycles. The van der Waals surface area contributed by atoms with E-state index in [4.69, 9.17) is 11.1 Å². The molecule has 1 saturated heterocycles. The van der Waals surface area contributed by atoms with Crippen LogP contribution >= 0.6 is 0 Å². The number of nitrogens with zero attached hydrogens (tertiary/aromatic N) is 2.